The molecule has 2 aliphatic heterocycles. The third kappa shape index (κ3) is 2.17. The van der Waals surface area contributed by atoms with Gasteiger partial charge in [-0.2, -0.15) is 10.5 Å². The summed E-state index contributed by atoms with van der Waals surface area (Å²) in [6.07, 6.45) is 6.87. The fourth-order valence-electron chi connectivity index (χ4n) is 2.52. The molecule has 0 aromatic carbocycles. The zero-order valence-corrected chi connectivity index (χ0v) is 9.84. The summed E-state index contributed by atoms with van der Waals surface area (Å²) in [6, 6.07) is 2.56. The van der Waals surface area contributed by atoms with Crippen molar-refractivity contribution in [3.05, 3.63) is 0 Å². The molecule has 0 saturated carbocycles. The molecule has 0 radical (unpaired) electrons. The molecule has 2 aliphatic rings. The Morgan fingerprint density at radius 3 is 2.85 bits per heavy atom. The summed E-state index contributed by atoms with van der Waals surface area (Å²) in [4.78, 5) is 0. The molecule has 13 heavy (non-hydrogen) atoms. The zero-order valence-electron chi connectivity index (χ0n) is 7.84. The Kier molecular flexibility index (Phi) is 3.98. The van der Waals surface area contributed by atoms with Crippen molar-refractivity contribution in [1.82, 2.24) is 0 Å². The third-order valence-corrected chi connectivity index (χ3v) is 3.17. The van der Waals surface area contributed by atoms with Crippen molar-refractivity contribution in [3.63, 3.8) is 0 Å². The normalized spacial score (nSPS) is 42.5. The maximum absolute atomic E-state index is 9.06. The monoisotopic (exact) mass is 183 g/mol. The van der Waals surface area contributed by atoms with Crippen LogP contribution >= 0.6 is 0 Å². The Morgan fingerprint density at radius 1 is 1.38 bits per heavy atom. The molecule has 3 atom stereocenters. The van der Waals surface area contributed by atoms with E-state index in [1.807, 2.05) is 0 Å². The van der Waals surface area contributed by atoms with Gasteiger partial charge in [-0.05, 0) is 14.3 Å². The molecular formula is C9H16B2NNa. The van der Waals surface area contributed by atoms with Crippen molar-refractivity contribution < 1.29 is 29.6 Å². The van der Waals surface area contributed by atoms with Crippen LogP contribution < -0.4 is 29.6 Å². The molecule has 0 aliphatic carbocycles. The van der Waals surface area contributed by atoms with Gasteiger partial charge in [-0.3, -0.25) is 0 Å². The van der Waals surface area contributed by atoms with Gasteiger partial charge in [0, 0.05) is 5.92 Å². The molecule has 2 rings (SSSR count). The number of hydrogen-bond donors (Lipinski definition) is 0. The standard InChI is InChI=1S/C9H16B2N.Na/c10-9-5-1-2-8(11-9)4-3-7(9)6-12;/h7-8,11H,1-5H2,10H3;/q-1;+1. The number of rotatable bonds is 0. The van der Waals surface area contributed by atoms with Crippen molar-refractivity contribution in [2.24, 2.45) is 5.92 Å². The van der Waals surface area contributed by atoms with Gasteiger partial charge in [0.05, 0.1) is 13.3 Å². The van der Waals surface area contributed by atoms with E-state index in [0.29, 0.717) is 19.0 Å². The maximum Gasteiger partial charge on any atom is 1.00 e. The molecule has 2 fully saturated rings. The van der Waals surface area contributed by atoms with Crippen molar-refractivity contribution in [3.8, 4) is 6.07 Å². The van der Waals surface area contributed by atoms with Gasteiger partial charge in [0.25, 0.3) is 0 Å². The number of hydrogen-bond acceptors (Lipinski definition) is 1. The summed E-state index contributed by atoms with van der Waals surface area (Å²) in [5, 5.41) is 9.69. The van der Waals surface area contributed by atoms with Crippen LogP contribution in [0.4, 0.5) is 0 Å². The summed E-state index contributed by atoms with van der Waals surface area (Å²) in [5.74, 6) is 1.48. The molecule has 0 amide bonds. The molecule has 0 aromatic rings. The first kappa shape index (κ1) is 11.7. The van der Waals surface area contributed by atoms with Crippen molar-refractivity contribution in [1.29, 1.82) is 5.26 Å². The molecule has 0 N–H and O–H groups in total. The van der Waals surface area contributed by atoms with Gasteiger partial charge < -0.3 is 0 Å². The maximum atomic E-state index is 9.06. The first-order valence-corrected chi connectivity index (χ1v) is 4.64. The predicted octanol–water partition coefficient (Wildman–Crippen LogP) is -2.19. The average molecular weight is 183 g/mol. The molecule has 0 spiro atoms. The molecule has 64 valence electrons. The van der Waals surface area contributed by atoms with Gasteiger partial charge >= 0.3 is 29.6 Å². The molecular weight excluding hydrogens is 167 g/mol. The summed E-state index contributed by atoms with van der Waals surface area (Å²) >= 11 is 0. The molecule has 2 saturated heterocycles. The van der Waals surface area contributed by atoms with Gasteiger partial charge in [-0.15, -0.1) is 0 Å². The minimum atomic E-state index is 0. The third-order valence-electron chi connectivity index (χ3n) is 3.17. The first-order valence-electron chi connectivity index (χ1n) is 4.64. The summed E-state index contributed by atoms with van der Waals surface area (Å²) in [7, 11) is 1.81. The SMILES string of the molecule is [BH3-]C12BC(CCC1)CCC2C#N.[Na+]. The Labute approximate surface area is 105 Å². The number of nitrogens with zero attached hydrogens (tertiary/aromatic N) is 1. The Morgan fingerprint density at radius 2 is 2.15 bits per heavy atom. The van der Waals surface area contributed by atoms with E-state index >= 15 is 0 Å². The van der Waals surface area contributed by atoms with Crippen LogP contribution in [0.3, 0.4) is 0 Å². The second-order valence-electron chi connectivity index (χ2n) is 3.88. The summed E-state index contributed by atoms with van der Waals surface area (Å²) in [5.41, 5.74) is 0. The minimum absolute atomic E-state index is 0. The van der Waals surface area contributed by atoms with Gasteiger partial charge in [0.15, 0.2) is 0 Å². The van der Waals surface area contributed by atoms with E-state index in [0.717, 1.165) is 5.82 Å². The second-order valence-corrected chi connectivity index (χ2v) is 3.88. The van der Waals surface area contributed by atoms with Crippen LogP contribution in [0.1, 0.15) is 32.1 Å². The van der Waals surface area contributed by atoms with E-state index in [9.17, 15) is 0 Å². The molecule has 4 heteroatoms. The largest absolute Gasteiger partial charge is 1.00 e. The summed E-state index contributed by atoms with van der Waals surface area (Å²) in [6.45, 7) is 0. The van der Waals surface area contributed by atoms with E-state index in [2.05, 4.69) is 6.07 Å². The van der Waals surface area contributed by atoms with Gasteiger partial charge in [0.1, 0.15) is 0 Å². The second kappa shape index (κ2) is 4.43. The number of fused-ring (bicyclic) bond motifs is 2. The van der Waals surface area contributed by atoms with Crippen molar-refractivity contribution >= 4 is 15.1 Å². The van der Waals surface area contributed by atoms with Crippen LogP contribution in [0.15, 0.2) is 0 Å². The van der Waals surface area contributed by atoms with Crippen LogP contribution in [-0.4, -0.2) is 15.1 Å². The quantitative estimate of drug-likeness (QED) is 0.391. The molecule has 0 aromatic heterocycles. The Hall–Kier alpha value is 0.620. The van der Waals surface area contributed by atoms with E-state index < -0.39 is 0 Å². The van der Waals surface area contributed by atoms with Crippen molar-refractivity contribution in [2.75, 3.05) is 0 Å². The van der Waals surface area contributed by atoms with Gasteiger partial charge in [-0.1, -0.05) is 31.5 Å². The van der Waals surface area contributed by atoms with E-state index in [1.165, 1.54) is 39.4 Å². The van der Waals surface area contributed by atoms with E-state index in [1.54, 1.807) is 0 Å². The minimum Gasteiger partial charge on any atom is -0.198 e. The smallest absolute Gasteiger partial charge is 0.198 e. The predicted molar refractivity (Wildman–Crippen MR) is 55.7 cm³/mol. The first-order chi connectivity index (χ1) is 5.74. The van der Waals surface area contributed by atoms with E-state index in [4.69, 9.17) is 5.26 Å². The van der Waals surface area contributed by atoms with Crippen LogP contribution in [0.25, 0.3) is 0 Å². The van der Waals surface area contributed by atoms with Gasteiger partial charge in [-0.25, -0.2) is 0 Å². The topological polar surface area (TPSA) is 23.8 Å². The van der Waals surface area contributed by atoms with E-state index in [-0.39, 0.29) is 29.6 Å². The molecule has 1 nitrogen and oxygen atoms in total. The average Bonchev–Trinajstić information content (AvgIpc) is 2.04. The molecule has 2 bridgehead atoms. The fourth-order valence-corrected chi connectivity index (χ4v) is 2.52. The Balaban J connectivity index is 0.000000845. The van der Waals surface area contributed by atoms with Crippen LogP contribution in [-0.2, 0) is 0 Å². The van der Waals surface area contributed by atoms with Gasteiger partial charge in [0.2, 0.25) is 0 Å². The molecule has 3 unspecified atom stereocenters. The van der Waals surface area contributed by atoms with Crippen LogP contribution in [0.2, 0.25) is 11.0 Å². The number of nitriles is 1. The Bertz CT molecular complexity index is 228. The zero-order chi connectivity index (χ0) is 8.60. The van der Waals surface area contributed by atoms with Crippen molar-refractivity contribution in [2.45, 2.75) is 43.1 Å². The fraction of sp³-hybridized carbons (Fsp3) is 0.889. The van der Waals surface area contributed by atoms with Crippen LogP contribution in [0.5, 0.6) is 0 Å². The summed E-state index contributed by atoms with van der Waals surface area (Å²) < 4.78 is 0. The molecule has 2 heterocycles. The van der Waals surface area contributed by atoms with Crippen LogP contribution in [0, 0.1) is 17.2 Å².